The summed E-state index contributed by atoms with van der Waals surface area (Å²) in [5.74, 6) is -1.17. The second kappa shape index (κ2) is 5.72. The van der Waals surface area contributed by atoms with Crippen LogP contribution in [0.3, 0.4) is 0 Å². The molecule has 1 saturated carbocycles. The van der Waals surface area contributed by atoms with Gasteiger partial charge in [-0.1, -0.05) is 34.1 Å². The van der Waals surface area contributed by atoms with Crippen LogP contribution in [0.4, 0.5) is 0 Å². The zero-order valence-corrected chi connectivity index (χ0v) is 11.8. The first kappa shape index (κ1) is 15.0. The van der Waals surface area contributed by atoms with Crippen LogP contribution in [0, 0.1) is 17.3 Å². The molecule has 104 valence electrons. The van der Waals surface area contributed by atoms with Crippen LogP contribution in [-0.4, -0.2) is 23.0 Å². The molecule has 0 saturated heterocycles. The molecule has 0 heterocycles. The number of hydrogen-bond acceptors (Lipinski definition) is 2. The van der Waals surface area contributed by atoms with Gasteiger partial charge in [-0.3, -0.25) is 4.79 Å². The van der Waals surface area contributed by atoms with Gasteiger partial charge in [0.1, 0.15) is 6.04 Å². The first-order valence-electron chi connectivity index (χ1n) is 6.76. The number of aliphatic carboxylic acids is 1. The van der Waals surface area contributed by atoms with Crippen LogP contribution < -0.4 is 5.32 Å². The average molecular weight is 255 g/mol. The lowest BCUT2D eigenvalue weighted by Gasteiger charge is -2.35. The van der Waals surface area contributed by atoms with E-state index in [1.165, 1.54) is 0 Å². The van der Waals surface area contributed by atoms with Gasteiger partial charge >= 0.3 is 5.97 Å². The van der Waals surface area contributed by atoms with Crippen molar-refractivity contribution in [3.05, 3.63) is 0 Å². The minimum Gasteiger partial charge on any atom is -0.480 e. The van der Waals surface area contributed by atoms with Gasteiger partial charge < -0.3 is 10.4 Å². The highest BCUT2D eigenvalue weighted by Gasteiger charge is 2.34. The van der Waals surface area contributed by atoms with E-state index in [0.717, 1.165) is 25.7 Å². The van der Waals surface area contributed by atoms with E-state index in [-0.39, 0.29) is 23.2 Å². The van der Waals surface area contributed by atoms with Crippen molar-refractivity contribution in [2.75, 3.05) is 0 Å². The largest absolute Gasteiger partial charge is 0.480 e. The number of carboxylic acids is 1. The number of carboxylic acid groups (broad SMARTS) is 1. The van der Waals surface area contributed by atoms with E-state index in [4.69, 9.17) is 5.11 Å². The Morgan fingerprint density at radius 1 is 1.33 bits per heavy atom. The van der Waals surface area contributed by atoms with Crippen LogP contribution in [0.25, 0.3) is 0 Å². The summed E-state index contributed by atoms with van der Waals surface area (Å²) in [5, 5.41) is 11.8. The summed E-state index contributed by atoms with van der Waals surface area (Å²) in [4.78, 5) is 23.2. The van der Waals surface area contributed by atoms with Crippen molar-refractivity contribution in [1.29, 1.82) is 0 Å². The molecule has 0 bridgehead atoms. The Hall–Kier alpha value is -1.06. The lowest BCUT2D eigenvalue weighted by atomic mass is 9.72. The van der Waals surface area contributed by atoms with Crippen LogP contribution in [0.1, 0.15) is 53.4 Å². The lowest BCUT2D eigenvalue weighted by Crippen LogP contribution is -2.47. The molecule has 1 aliphatic carbocycles. The van der Waals surface area contributed by atoms with Crippen molar-refractivity contribution >= 4 is 11.9 Å². The van der Waals surface area contributed by atoms with E-state index in [9.17, 15) is 9.59 Å². The summed E-state index contributed by atoms with van der Waals surface area (Å²) in [6, 6.07) is -0.775. The fourth-order valence-electron chi connectivity index (χ4n) is 2.71. The number of carbonyl (C=O) groups excluding carboxylic acids is 1. The van der Waals surface area contributed by atoms with E-state index >= 15 is 0 Å². The molecular formula is C14H25NO3. The molecule has 1 unspecified atom stereocenters. The van der Waals surface area contributed by atoms with Gasteiger partial charge in [0.05, 0.1) is 0 Å². The maximum atomic E-state index is 12.1. The lowest BCUT2D eigenvalue weighted by molar-refractivity contribution is -0.144. The van der Waals surface area contributed by atoms with Crippen molar-refractivity contribution in [3.8, 4) is 0 Å². The Bertz CT molecular complexity index is 323. The van der Waals surface area contributed by atoms with E-state index < -0.39 is 12.0 Å². The van der Waals surface area contributed by atoms with Crippen molar-refractivity contribution in [3.63, 3.8) is 0 Å². The maximum Gasteiger partial charge on any atom is 0.326 e. The molecule has 0 aromatic rings. The van der Waals surface area contributed by atoms with E-state index in [0.29, 0.717) is 0 Å². The second-order valence-corrected chi connectivity index (χ2v) is 6.53. The minimum absolute atomic E-state index is 0.0330. The Morgan fingerprint density at radius 2 is 1.94 bits per heavy atom. The van der Waals surface area contributed by atoms with E-state index in [2.05, 4.69) is 19.2 Å². The second-order valence-electron chi connectivity index (χ2n) is 6.53. The third-order valence-corrected chi connectivity index (χ3v) is 3.81. The Morgan fingerprint density at radius 3 is 2.39 bits per heavy atom. The normalized spacial score (nSPS) is 24.6. The van der Waals surface area contributed by atoms with Gasteiger partial charge in [0.25, 0.3) is 0 Å². The summed E-state index contributed by atoms with van der Waals surface area (Å²) in [7, 11) is 0. The smallest absolute Gasteiger partial charge is 0.326 e. The molecule has 1 rings (SSSR count). The van der Waals surface area contributed by atoms with Gasteiger partial charge in [-0.05, 0) is 30.6 Å². The Labute approximate surface area is 109 Å². The van der Waals surface area contributed by atoms with Crippen LogP contribution in [-0.2, 0) is 9.59 Å². The van der Waals surface area contributed by atoms with Crippen molar-refractivity contribution in [1.82, 2.24) is 5.32 Å². The first-order chi connectivity index (χ1) is 8.23. The molecule has 0 aromatic heterocycles. The highest BCUT2D eigenvalue weighted by molar-refractivity contribution is 5.85. The zero-order chi connectivity index (χ0) is 13.9. The molecule has 1 amide bonds. The molecule has 4 nitrogen and oxygen atoms in total. The molecule has 0 spiro atoms. The van der Waals surface area contributed by atoms with Crippen molar-refractivity contribution in [2.24, 2.45) is 17.3 Å². The predicted octanol–water partition coefficient (Wildman–Crippen LogP) is 2.43. The van der Waals surface area contributed by atoms with Crippen molar-refractivity contribution < 1.29 is 14.7 Å². The molecule has 18 heavy (non-hydrogen) atoms. The number of amides is 1. The Balaban J connectivity index is 2.61. The molecule has 2 atom stereocenters. The van der Waals surface area contributed by atoms with E-state index in [1.54, 1.807) is 0 Å². The summed E-state index contributed by atoms with van der Waals surface area (Å²) < 4.78 is 0. The zero-order valence-electron chi connectivity index (χ0n) is 11.8. The molecule has 0 radical (unpaired) electrons. The minimum atomic E-state index is -0.951. The molecule has 0 aromatic carbocycles. The SMILES string of the molecule is CC(C)[C@H](NC(=O)C1CCCC(C)(C)C1)C(=O)O. The third kappa shape index (κ3) is 4.00. The number of carbonyl (C=O) groups is 2. The first-order valence-corrected chi connectivity index (χ1v) is 6.76. The highest BCUT2D eigenvalue weighted by atomic mass is 16.4. The van der Waals surface area contributed by atoms with Gasteiger partial charge in [-0.25, -0.2) is 4.79 Å². The predicted molar refractivity (Wildman–Crippen MR) is 70.1 cm³/mol. The van der Waals surface area contributed by atoms with Crippen molar-refractivity contribution in [2.45, 2.75) is 59.4 Å². The van der Waals surface area contributed by atoms with Gasteiger partial charge in [0.2, 0.25) is 5.91 Å². The van der Waals surface area contributed by atoms with Gasteiger partial charge in [0.15, 0.2) is 0 Å². The fraction of sp³-hybridized carbons (Fsp3) is 0.857. The summed E-state index contributed by atoms with van der Waals surface area (Å²) in [6.45, 7) is 7.96. The topological polar surface area (TPSA) is 66.4 Å². The summed E-state index contributed by atoms with van der Waals surface area (Å²) in [6.07, 6.45) is 3.91. The van der Waals surface area contributed by atoms with Crippen LogP contribution in [0.2, 0.25) is 0 Å². The third-order valence-electron chi connectivity index (χ3n) is 3.81. The van der Waals surface area contributed by atoms with Gasteiger partial charge in [-0.15, -0.1) is 0 Å². The Kier molecular flexibility index (Phi) is 4.77. The summed E-state index contributed by atoms with van der Waals surface area (Å²) >= 11 is 0. The molecule has 2 N–H and O–H groups in total. The quantitative estimate of drug-likeness (QED) is 0.810. The van der Waals surface area contributed by atoms with Gasteiger partial charge in [-0.2, -0.15) is 0 Å². The molecule has 1 fully saturated rings. The molecule has 4 heteroatoms. The number of hydrogen-bond donors (Lipinski definition) is 2. The maximum absolute atomic E-state index is 12.1. The van der Waals surface area contributed by atoms with Crippen LogP contribution in [0.15, 0.2) is 0 Å². The molecule has 1 aliphatic rings. The fourth-order valence-corrected chi connectivity index (χ4v) is 2.71. The molecule has 0 aliphatic heterocycles. The monoisotopic (exact) mass is 255 g/mol. The standard InChI is InChI=1S/C14H25NO3/c1-9(2)11(13(17)18)15-12(16)10-6-5-7-14(3,4)8-10/h9-11H,5-8H2,1-4H3,(H,15,16)(H,17,18)/t10?,11-/m0/s1. The van der Waals surface area contributed by atoms with Gasteiger partial charge in [0, 0.05) is 5.92 Å². The number of rotatable bonds is 4. The van der Waals surface area contributed by atoms with E-state index in [1.807, 2.05) is 13.8 Å². The summed E-state index contributed by atoms with van der Waals surface area (Å²) in [5.41, 5.74) is 0.191. The van der Waals surface area contributed by atoms with Crippen LogP contribution >= 0.6 is 0 Å². The number of nitrogens with one attached hydrogen (secondary N) is 1. The van der Waals surface area contributed by atoms with Crippen LogP contribution in [0.5, 0.6) is 0 Å². The average Bonchev–Trinajstić information content (AvgIpc) is 2.23. The highest BCUT2D eigenvalue weighted by Crippen LogP contribution is 2.38. The molecular weight excluding hydrogens is 230 g/mol.